The molecule has 9 heteroatoms. The zero-order valence-electron chi connectivity index (χ0n) is 20.3. The average molecular weight is 490 g/mol. The minimum atomic E-state index is -0.155. The van der Waals surface area contributed by atoms with Crippen molar-refractivity contribution in [2.24, 2.45) is 0 Å². The Balaban J connectivity index is 1.38. The predicted molar refractivity (Wildman–Crippen MR) is 131 cm³/mol. The van der Waals surface area contributed by atoms with Crippen LogP contribution in [0, 0.1) is 13.8 Å². The van der Waals surface area contributed by atoms with E-state index in [9.17, 15) is 9.59 Å². The van der Waals surface area contributed by atoms with Crippen LogP contribution in [0.1, 0.15) is 50.9 Å². The average Bonchev–Trinajstić information content (AvgIpc) is 3.32. The number of benzene rings is 1. The molecule has 2 aromatic rings. The highest BCUT2D eigenvalue weighted by Gasteiger charge is 2.26. The maximum atomic E-state index is 12.6. The van der Waals surface area contributed by atoms with E-state index in [1.54, 1.807) is 7.11 Å². The van der Waals surface area contributed by atoms with Gasteiger partial charge in [-0.05, 0) is 32.3 Å². The Hall–Kier alpha value is -2.33. The maximum Gasteiger partial charge on any atom is 0.271 e. The van der Waals surface area contributed by atoms with Crippen LogP contribution in [-0.2, 0) is 25.5 Å². The summed E-state index contributed by atoms with van der Waals surface area (Å²) >= 11 is 1.52. The molecule has 0 bridgehead atoms. The van der Waals surface area contributed by atoms with E-state index < -0.39 is 0 Å². The number of aryl methyl sites for hydroxylation is 2. The summed E-state index contributed by atoms with van der Waals surface area (Å²) in [4.78, 5) is 31.4. The van der Waals surface area contributed by atoms with Gasteiger partial charge >= 0.3 is 0 Å². The number of hydrogen-bond donors (Lipinski definition) is 1. The van der Waals surface area contributed by atoms with Gasteiger partial charge in [-0.2, -0.15) is 0 Å². The SMILES string of the molecule is COCCOCCOCC(=O)N1CCC(c2nc(C(=O)NCc3cc(C)cc(C)c3)cs2)CC1. The van der Waals surface area contributed by atoms with E-state index in [0.29, 0.717) is 51.8 Å². The molecule has 1 aliphatic rings. The third-order valence-corrected chi connectivity index (χ3v) is 6.72. The molecule has 1 aromatic heterocycles. The molecular weight excluding hydrogens is 454 g/mol. The molecule has 0 radical (unpaired) electrons. The van der Waals surface area contributed by atoms with Crippen LogP contribution in [0.15, 0.2) is 23.6 Å². The van der Waals surface area contributed by atoms with Gasteiger partial charge in [-0.1, -0.05) is 29.3 Å². The number of amides is 2. The summed E-state index contributed by atoms with van der Waals surface area (Å²) in [5, 5.41) is 5.76. The minimum absolute atomic E-state index is 0.000863. The molecule has 1 aliphatic heterocycles. The van der Waals surface area contributed by atoms with E-state index in [4.69, 9.17) is 14.2 Å². The summed E-state index contributed by atoms with van der Waals surface area (Å²) in [6.45, 7) is 7.91. The smallest absolute Gasteiger partial charge is 0.271 e. The molecule has 8 nitrogen and oxygen atoms in total. The number of ether oxygens (including phenoxy) is 3. The van der Waals surface area contributed by atoms with Crippen molar-refractivity contribution in [1.82, 2.24) is 15.2 Å². The summed E-state index contributed by atoms with van der Waals surface area (Å²) < 4.78 is 15.7. The number of carbonyl (C=O) groups excluding carboxylic acids is 2. The molecule has 1 aromatic carbocycles. The van der Waals surface area contributed by atoms with Crippen molar-refractivity contribution in [3.63, 3.8) is 0 Å². The summed E-state index contributed by atoms with van der Waals surface area (Å²) in [5.74, 6) is 0.115. The molecule has 0 aliphatic carbocycles. The highest BCUT2D eigenvalue weighted by Crippen LogP contribution is 2.30. The fourth-order valence-corrected chi connectivity index (χ4v) is 4.98. The topological polar surface area (TPSA) is 90.0 Å². The van der Waals surface area contributed by atoms with E-state index >= 15 is 0 Å². The lowest BCUT2D eigenvalue weighted by molar-refractivity contribution is -0.137. The van der Waals surface area contributed by atoms with E-state index in [1.807, 2.05) is 10.3 Å². The molecule has 2 heterocycles. The lowest BCUT2D eigenvalue weighted by Gasteiger charge is -2.31. The van der Waals surface area contributed by atoms with Crippen molar-refractivity contribution < 1.29 is 23.8 Å². The Morgan fingerprint density at radius 1 is 1.06 bits per heavy atom. The van der Waals surface area contributed by atoms with Crippen LogP contribution in [-0.4, -0.2) is 74.9 Å². The standard InChI is InChI=1S/C25H35N3O5S/c1-18-12-19(2)14-20(13-18)15-26-24(30)22-17-34-25(27-22)21-4-6-28(7-5-21)23(29)16-33-11-10-32-9-8-31-3/h12-14,17,21H,4-11,15-16H2,1-3H3,(H,26,30). The summed E-state index contributed by atoms with van der Waals surface area (Å²) in [6.07, 6.45) is 1.67. The molecule has 0 spiro atoms. The zero-order valence-corrected chi connectivity index (χ0v) is 21.1. The zero-order chi connectivity index (χ0) is 24.3. The van der Waals surface area contributed by atoms with Crippen molar-refractivity contribution in [2.75, 3.05) is 53.2 Å². The molecule has 1 saturated heterocycles. The predicted octanol–water partition coefficient (Wildman–Crippen LogP) is 3.08. The van der Waals surface area contributed by atoms with Crippen molar-refractivity contribution in [3.8, 4) is 0 Å². The number of hydrogen-bond acceptors (Lipinski definition) is 7. The van der Waals surface area contributed by atoms with Crippen LogP contribution in [0.5, 0.6) is 0 Å². The number of carbonyl (C=O) groups is 2. The molecule has 1 fully saturated rings. The Bertz CT molecular complexity index is 920. The molecule has 1 N–H and O–H groups in total. The van der Waals surface area contributed by atoms with E-state index in [0.717, 1.165) is 23.4 Å². The van der Waals surface area contributed by atoms with E-state index in [1.165, 1.54) is 22.5 Å². The first kappa shape index (κ1) is 26.3. The van der Waals surface area contributed by atoms with Gasteiger partial charge < -0.3 is 24.4 Å². The van der Waals surface area contributed by atoms with Gasteiger partial charge in [0.2, 0.25) is 5.91 Å². The van der Waals surface area contributed by atoms with Crippen LogP contribution < -0.4 is 5.32 Å². The Morgan fingerprint density at radius 2 is 1.74 bits per heavy atom. The third kappa shape index (κ3) is 8.16. The number of likely N-dealkylation sites (tertiary alicyclic amines) is 1. The van der Waals surface area contributed by atoms with Gasteiger partial charge in [0, 0.05) is 38.0 Å². The van der Waals surface area contributed by atoms with Crippen LogP contribution in [0.2, 0.25) is 0 Å². The number of methoxy groups -OCH3 is 1. The fourth-order valence-electron chi connectivity index (χ4n) is 4.01. The van der Waals surface area contributed by atoms with Gasteiger partial charge in [0.05, 0.1) is 31.4 Å². The quantitative estimate of drug-likeness (QED) is 0.461. The van der Waals surface area contributed by atoms with Gasteiger partial charge in [-0.25, -0.2) is 4.98 Å². The minimum Gasteiger partial charge on any atom is -0.382 e. The number of thiazole rings is 1. The van der Waals surface area contributed by atoms with Crippen LogP contribution in [0.4, 0.5) is 0 Å². The second kappa shape index (κ2) is 13.5. The first-order valence-corrected chi connectivity index (χ1v) is 12.6. The second-order valence-electron chi connectivity index (χ2n) is 8.56. The Labute approximate surface area is 205 Å². The van der Waals surface area contributed by atoms with Crippen LogP contribution in [0.3, 0.4) is 0 Å². The number of aromatic nitrogens is 1. The lowest BCUT2D eigenvalue weighted by atomic mass is 9.97. The highest BCUT2D eigenvalue weighted by atomic mass is 32.1. The van der Waals surface area contributed by atoms with Gasteiger partial charge in [0.15, 0.2) is 0 Å². The maximum absolute atomic E-state index is 12.6. The van der Waals surface area contributed by atoms with Crippen LogP contribution in [0.25, 0.3) is 0 Å². The number of nitrogens with one attached hydrogen (secondary N) is 1. The van der Waals surface area contributed by atoms with Crippen molar-refractivity contribution in [3.05, 3.63) is 51.0 Å². The number of nitrogens with zero attached hydrogens (tertiary/aromatic N) is 2. The summed E-state index contributed by atoms with van der Waals surface area (Å²) in [6, 6.07) is 6.28. The van der Waals surface area contributed by atoms with Gasteiger partial charge in [-0.3, -0.25) is 9.59 Å². The Morgan fingerprint density at radius 3 is 2.44 bits per heavy atom. The van der Waals surface area contributed by atoms with E-state index in [-0.39, 0.29) is 24.3 Å². The summed E-state index contributed by atoms with van der Waals surface area (Å²) in [5.41, 5.74) is 3.91. The first-order valence-electron chi connectivity index (χ1n) is 11.7. The molecule has 34 heavy (non-hydrogen) atoms. The molecule has 186 valence electrons. The number of piperidine rings is 1. The molecule has 0 unspecified atom stereocenters. The monoisotopic (exact) mass is 489 g/mol. The van der Waals surface area contributed by atoms with Crippen LogP contribution >= 0.6 is 11.3 Å². The van der Waals surface area contributed by atoms with Gasteiger partial charge in [0.25, 0.3) is 5.91 Å². The van der Waals surface area contributed by atoms with Crippen molar-refractivity contribution in [1.29, 1.82) is 0 Å². The lowest BCUT2D eigenvalue weighted by Crippen LogP contribution is -2.40. The summed E-state index contributed by atoms with van der Waals surface area (Å²) in [7, 11) is 1.63. The Kier molecular flexibility index (Phi) is 10.5. The largest absolute Gasteiger partial charge is 0.382 e. The van der Waals surface area contributed by atoms with Gasteiger partial charge in [-0.15, -0.1) is 11.3 Å². The molecular formula is C25H35N3O5S. The molecule has 0 saturated carbocycles. The van der Waals surface area contributed by atoms with Crippen molar-refractivity contribution in [2.45, 2.75) is 39.2 Å². The molecule has 3 rings (SSSR count). The van der Waals surface area contributed by atoms with Gasteiger partial charge in [0.1, 0.15) is 12.3 Å². The molecule has 2 amide bonds. The second-order valence-corrected chi connectivity index (χ2v) is 9.45. The van der Waals surface area contributed by atoms with Crippen molar-refractivity contribution >= 4 is 23.2 Å². The molecule has 0 atom stereocenters. The highest BCUT2D eigenvalue weighted by molar-refractivity contribution is 7.09. The number of rotatable bonds is 12. The fraction of sp³-hybridized carbons (Fsp3) is 0.560. The normalized spacial score (nSPS) is 14.4. The first-order chi connectivity index (χ1) is 16.5. The van der Waals surface area contributed by atoms with E-state index in [2.05, 4.69) is 42.3 Å². The third-order valence-electron chi connectivity index (χ3n) is 5.72.